The number of imide groups is 2. The zero-order valence-corrected chi connectivity index (χ0v) is 18.5. The van der Waals surface area contributed by atoms with Crippen LogP contribution in [-0.4, -0.2) is 42.6 Å². The summed E-state index contributed by atoms with van der Waals surface area (Å²) >= 11 is 1.36. The molecule has 0 saturated carbocycles. The van der Waals surface area contributed by atoms with Crippen molar-refractivity contribution in [3.63, 3.8) is 0 Å². The Balaban J connectivity index is 1.70. The lowest BCUT2D eigenvalue weighted by Crippen LogP contribution is -2.75. The number of morpholine rings is 1. The highest BCUT2D eigenvalue weighted by molar-refractivity contribution is 7.10. The van der Waals surface area contributed by atoms with Crippen LogP contribution in [0.1, 0.15) is 29.9 Å². The predicted molar refractivity (Wildman–Crippen MR) is 116 cm³/mol. The zero-order valence-electron chi connectivity index (χ0n) is 17.7. The zero-order chi connectivity index (χ0) is 23.5. The molecular weight excluding hydrogens is 452 g/mol. The van der Waals surface area contributed by atoms with Crippen molar-refractivity contribution < 1.29 is 27.9 Å². The molecule has 0 bridgehead atoms. The van der Waals surface area contributed by atoms with Crippen molar-refractivity contribution in [2.24, 2.45) is 5.41 Å². The van der Waals surface area contributed by atoms with Crippen LogP contribution in [0.25, 0.3) is 0 Å². The number of nitrogens with zero attached hydrogens (tertiary/aromatic N) is 1. The largest absolute Gasteiger partial charge is 0.372 e. The molecule has 2 fully saturated rings. The number of amides is 4. The average molecular weight is 471 g/mol. The third-order valence-electron chi connectivity index (χ3n) is 6.31. The molecule has 33 heavy (non-hydrogen) atoms. The van der Waals surface area contributed by atoms with Gasteiger partial charge in [-0.3, -0.25) is 20.2 Å². The molecule has 3 aliphatic rings. The van der Waals surface area contributed by atoms with Crippen LogP contribution in [0.2, 0.25) is 0 Å². The number of rotatable bonds is 0. The number of halogens is 2. The predicted octanol–water partition coefficient (Wildman–Crippen LogP) is 2.32. The van der Waals surface area contributed by atoms with Crippen LogP contribution >= 0.6 is 11.3 Å². The number of ether oxygens (including phenoxy) is 1. The fourth-order valence-electron chi connectivity index (χ4n) is 5.11. The molecule has 4 heterocycles. The summed E-state index contributed by atoms with van der Waals surface area (Å²) in [6.07, 6.45) is -1.27. The van der Waals surface area contributed by atoms with E-state index in [0.29, 0.717) is 4.88 Å². The number of hydrogen-bond acceptors (Lipinski definition) is 6. The van der Waals surface area contributed by atoms with Gasteiger partial charge in [-0.05, 0) is 36.9 Å². The third kappa shape index (κ3) is 3.22. The minimum Gasteiger partial charge on any atom is -0.372 e. The van der Waals surface area contributed by atoms with Gasteiger partial charge in [0.2, 0.25) is 11.8 Å². The molecule has 0 aliphatic carbocycles. The number of fused-ring (bicyclic) bond motifs is 4. The summed E-state index contributed by atoms with van der Waals surface area (Å²) in [5.74, 6) is 1.71. The van der Waals surface area contributed by atoms with Crippen LogP contribution in [0, 0.1) is 28.9 Å². The van der Waals surface area contributed by atoms with Crippen molar-refractivity contribution in [2.45, 2.75) is 38.5 Å². The molecular formula is C23H19F2N3O4S. The van der Waals surface area contributed by atoms with E-state index in [9.17, 15) is 14.4 Å². The van der Waals surface area contributed by atoms with Gasteiger partial charge in [-0.25, -0.2) is 13.6 Å². The number of nitrogens with one attached hydrogen (secondary N) is 2. The Bertz CT molecular complexity index is 1230. The molecule has 1 spiro atoms. The number of urea groups is 1. The third-order valence-corrected chi connectivity index (χ3v) is 7.09. The van der Waals surface area contributed by atoms with Crippen LogP contribution in [-0.2, 0) is 20.7 Å². The van der Waals surface area contributed by atoms with Gasteiger partial charge in [0.05, 0.1) is 34.4 Å². The fraction of sp³-hybridized carbons (Fsp3) is 0.348. The second-order valence-corrected chi connectivity index (χ2v) is 9.37. The summed E-state index contributed by atoms with van der Waals surface area (Å²) < 4.78 is 36.4. The van der Waals surface area contributed by atoms with E-state index in [0.717, 1.165) is 0 Å². The van der Waals surface area contributed by atoms with E-state index in [1.807, 2.05) is 5.38 Å². The number of hydrogen-bond donors (Lipinski definition) is 2. The summed E-state index contributed by atoms with van der Waals surface area (Å²) in [6.45, 7) is 3.58. The molecule has 3 atom stereocenters. The molecule has 0 unspecified atom stereocenters. The van der Waals surface area contributed by atoms with Crippen LogP contribution in [0.4, 0.5) is 19.3 Å². The number of anilines is 1. The van der Waals surface area contributed by atoms with Gasteiger partial charge >= 0.3 is 6.03 Å². The number of barbiturate groups is 1. The van der Waals surface area contributed by atoms with Gasteiger partial charge in [-0.1, -0.05) is 17.9 Å². The topological polar surface area (TPSA) is 87.7 Å². The minimum atomic E-state index is -1.76. The summed E-state index contributed by atoms with van der Waals surface area (Å²) in [5.41, 5.74) is -1.68. The maximum atomic E-state index is 15.5. The normalized spacial score (nSPS) is 25.5. The van der Waals surface area contributed by atoms with Crippen molar-refractivity contribution in [3.8, 4) is 11.8 Å². The van der Waals surface area contributed by atoms with Crippen LogP contribution < -0.4 is 15.5 Å². The number of carbonyl (C=O) groups excluding carboxylic acids is 3. The van der Waals surface area contributed by atoms with E-state index in [4.69, 9.17) is 4.74 Å². The van der Waals surface area contributed by atoms with Gasteiger partial charge in [0.25, 0.3) is 0 Å². The second kappa shape index (κ2) is 7.64. The molecule has 10 heteroatoms. The van der Waals surface area contributed by atoms with Gasteiger partial charge in [0.15, 0.2) is 17.0 Å². The smallest absolute Gasteiger partial charge is 0.328 e. The van der Waals surface area contributed by atoms with E-state index in [2.05, 4.69) is 22.5 Å². The molecule has 7 nitrogen and oxygen atoms in total. The van der Waals surface area contributed by atoms with Crippen LogP contribution in [0.3, 0.4) is 0 Å². The molecule has 2 saturated heterocycles. The van der Waals surface area contributed by atoms with Crippen molar-refractivity contribution in [2.75, 3.05) is 11.4 Å². The summed E-state index contributed by atoms with van der Waals surface area (Å²) in [6, 6.07) is 3.08. The van der Waals surface area contributed by atoms with Gasteiger partial charge in [0.1, 0.15) is 0 Å². The quantitative estimate of drug-likeness (QED) is 0.455. The van der Waals surface area contributed by atoms with E-state index in [1.165, 1.54) is 22.3 Å². The Morgan fingerprint density at radius 2 is 1.88 bits per heavy atom. The first-order chi connectivity index (χ1) is 15.7. The average Bonchev–Trinajstić information content (AvgIpc) is 3.26. The van der Waals surface area contributed by atoms with Crippen LogP contribution in [0.5, 0.6) is 0 Å². The summed E-state index contributed by atoms with van der Waals surface area (Å²) in [4.78, 5) is 40.2. The van der Waals surface area contributed by atoms with Crippen molar-refractivity contribution in [3.05, 3.63) is 51.2 Å². The highest BCUT2D eigenvalue weighted by Gasteiger charge is 2.63. The van der Waals surface area contributed by atoms with E-state index in [1.54, 1.807) is 26.0 Å². The first kappa shape index (κ1) is 21.6. The summed E-state index contributed by atoms with van der Waals surface area (Å²) in [5, 5.41) is 6.15. The standard InChI is InChI=1S/C23H19F2N3O4S/c1-11-10-28-18-14(8-13(16(24)17(18)25)5-6-15-4-3-7-33-15)9-23(19(28)12(2)32-11)20(29)26-22(31)27-21(23)30/h3-4,7-8,11-12,19H,9-10H2,1-2H3,(H2,26,27,29,30,31)/t11-,12+,19-/m0/s1. The Morgan fingerprint density at radius 1 is 1.15 bits per heavy atom. The Hall–Kier alpha value is -3.29. The van der Waals surface area contributed by atoms with E-state index in [-0.39, 0.29) is 35.9 Å². The first-order valence-electron chi connectivity index (χ1n) is 10.4. The lowest BCUT2D eigenvalue weighted by Gasteiger charge is -2.55. The maximum absolute atomic E-state index is 15.5. The highest BCUT2D eigenvalue weighted by atomic mass is 32.1. The van der Waals surface area contributed by atoms with Gasteiger partial charge in [0, 0.05) is 13.0 Å². The first-order valence-corrected chi connectivity index (χ1v) is 11.3. The number of thiophene rings is 1. The fourth-order valence-corrected chi connectivity index (χ4v) is 5.68. The van der Waals surface area contributed by atoms with Crippen molar-refractivity contribution >= 4 is 34.9 Å². The lowest BCUT2D eigenvalue weighted by atomic mass is 9.66. The van der Waals surface area contributed by atoms with E-state index < -0.39 is 47.0 Å². The molecule has 2 N–H and O–H groups in total. The highest BCUT2D eigenvalue weighted by Crippen LogP contribution is 2.48. The molecule has 1 aromatic heterocycles. The molecule has 170 valence electrons. The van der Waals surface area contributed by atoms with Crippen LogP contribution in [0.15, 0.2) is 23.6 Å². The molecule has 1 aromatic carbocycles. The van der Waals surface area contributed by atoms with Gasteiger partial charge < -0.3 is 9.64 Å². The maximum Gasteiger partial charge on any atom is 0.328 e. The Labute approximate surface area is 192 Å². The Morgan fingerprint density at radius 3 is 2.55 bits per heavy atom. The van der Waals surface area contributed by atoms with Gasteiger partial charge in [-0.15, -0.1) is 11.3 Å². The molecule has 0 radical (unpaired) electrons. The number of benzene rings is 1. The van der Waals surface area contributed by atoms with Crippen molar-refractivity contribution in [1.82, 2.24) is 10.6 Å². The SMILES string of the molecule is C[C@H]1CN2c3c(cc(C#Cc4cccs4)c(F)c3F)CC3(C(=O)NC(=O)NC3=O)[C@@H]2[C@@H](C)O1. The van der Waals surface area contributed by atoms with Gasteiger partial charge in [-0.2, -0.15) is 0 Å². The van der Waals surface area contributed by atoms with Crippen molar-refractivity contribution in [1.29, 1.82) is 0 Å². The number of carbonyl (C=O) groups is 3. The Kier molecular flexibility index (Phi) is 4.99. The monoisotopic (exact) mass is 471 g/mol. The molecule has 3 aliphatic heterocycles. The molecule has 4 amide bonds. The lowest BCUT2D eigenvalue weighted by molar-refractivity contribution is -0.153. The molecule has 2 aromatic rings. The molecule has 5 rings (SSSR count). The minimum absolute atomic E-state index is 0.00991. The van der Waals surface area contributed by atoms with E-state index >= 15 is 8.78 Å². The second-order valence-electron chi connectivity index (χ2n) is 8.42. The summed E-state index contributed by atoms with van der Waals surface area (Å²) in [7, 11) is 0.